The maximum atomic E-state index is 4.44. The highest BCUT2D eigenvalue weighted by molar-refractivity contribution is 5.79. The molecule has 0 saturated carbocycles. The lowest BCUT2D eigenvalue weighted by Crippen LogP contribution is -2.40. The Morgan fingerprint density at radius 2 is 2.36 bits per heavy atom. The van der Waals surface area contributed by atoms with E-state index in [4.69, 9.17) is 0 Å². The Bertz CT molecular complexity index is 437. The van der Waals surface area contributed by atoms with E-state index >= 15 is 0 Å². The van der Waals surface area contributed by atoms with Crippen LogP contribution in [0.5, 0.6) is 0 Å². The van der Waals surface area contributed by atoms with E-state index in [0.717, 1.165) is 22.4 Å². The quantitative estimate of drug-likeness (QED) is 0.562. The van der Waals surface area contributed by atoms with Crippen molar-refractivity contribution < 1.29 is 0 Å². The van der Waals surface area contributed by atoms with Crippen LogP contribution in [0.2, 0.25) is 0 Å². The van der Waals surface area contributed by atoms with E-state index in [1.54, 1.807) is 6.20 Å². The van der Waals surface area contributed by atoms with Crippen molar-refractivity contribution >= 4 is 16.7 Å². The average Bonchev–Trinajstić information content (AvgIpc) is 2.26. The molecule has 5 nitrogen and oxygen atoms in total. The van der Waals surface area contributed by atoms with Gasteiger partial charge in [-0.2, -0.15) is 5.53 Å². The highest BCUT2D eigenvalue weighted by Crippen LogP contribution is 2.19. The van der Waals surface area contributed by atoms with Gasteiger partial charge in [-0.25, -0.2) is 15.4 Å². The van der Waals surface area contributed by atoms with Gasteiger partial charge < -0.3 is 5.43 Å². The van der Waals surface area contributed by atoms with Crippen molar-refractivity contribution in [3.63, 3.8) is 0 Å². The van der Waals surface area contributed by atoms with Crippen LogP contribution in [0.3, 0.4) is 0 Å². The summed E-state index contributed by atoms with van der Waals surface area (Å²) in [5, 5.41) is 1.04. The van der Waals surface area contributed by atoms with E-state index in [2.05, 4.69) is 26.4 Å². The third-order valence-corrected chi connectivity index (χ3v) is 2.21. The molecular weight excluding hydrogens is 178 g/mol. The van der Waals surface area contributed by atoms with Gasteiger partial charge in [0.25, 0.3) is 0 Å². The summed E-state index contributed by atoms with van der Waals surface area (Å²) in [6.07, 6.45) is 1.75. The summed E-state index contributed by atoms with van der Waals surface area (Å²) in [4.78, 5) is 8.64. The molecule has 0 amide bonds. The first-order valence-corrected chi connectivity index (χ1v) is 4.42. The predicted octanol–water partition coefficient (Wildman–Crippen LogP) is 0.564. The molecule has 2 aromatic rings. The van der Waals surface area contributed by atoms with Gasteiger partial charge >= 0.3 is 0 Å². The lowest BCUT2D eigenvalue weighted by Gasteiger charge is -2.19. The number of hydrogen-bond acceptors (Lipinski definition) is 5. The molecule has 2 aromatic heterocycles. The zero-order valence-corrected chi connectivity index (χ0v) is 7.41. The largest absolute Gasteiger partial charge is 0.306 e. The lowest BCUT2D eigenvalue weighted by molar-refractivity contribution is 0.559. The summed E-state index contributed by atoms with van der Waals surface area (Å²) >= 11 is 0. The van der Waals surface area contributed by atoms with Gasteiger partial charge in [-0.05, 0) is 18.2 Å². The molecule has 0 bridgehead atoms. The minimum atomic E-state index is 0.703. The van der Waals surface area contributed by atoms with Gasteiger partial charge in [-0.15, -0.1) is 0 Å². The van der Waals surface area contributed by atoms with Crippen LogP contribution < -0.4 is 16.4 Å². The van der Waals surface area contributed by atoms with Gasteiger partial charge in [0, 0.05) is 11.6 Å². The zero-order valence-electron chi connectivity index (χ0n) is 7.41. The third-order valence-electron chi connectivity index (χ3n) is 2.21. The Labute approximate surface area is 80.5 Å². The fourth-order valence-corrected chi connectivity index (χ4v) is 1.52. The monoisotopic (exact) mass is 187 g/mol. The number of hydrazine groups is 2. The summed E-state index contributed by atoms with van der Waals surface area (Å²) in [7, 11) is 0. The van der Waals surface area contributed by atoms with E-state index in [1.807, 2.05) is 18.2 Å². The second kappa shape index (κ2) is 2.90. The molecule has 0 aliphatic carbocycles. The maximum Gasteiger partial charge on any atom is 0.159 e. The fourth-order valence-electron chi connectivity index (χ4n) is 1.52. The van der Waals surface area contributed by atoms with E-state index in [-0.39, 0.29) is 0 Å². The smallest absolute Gasteiger partial charge is 0.159 e. The first-order valence-electron chi connectivity index (χ1n) is 4.42. The van der Waals surface area contributed by atoms with Crippen LogP contribution in [-0.2, 0) is 6.54 Å². The van der Waals surface area contributed by atoms with Gasteiger partial charge in [0.1, 0.15) is 0 Å². The Balaban J connectivity index is 2.27. The summed E-state index contributed by atoms with van der Waals surface area (Å²) in [6.45, 7) is 0.703. The van der Waals surface area contributed by atoms with Crippen LogP contribution >= 0.6 is 0 Å². The number of anilines is 1. The SMILES string of the molecule is c1cnc2nc3c(cc2c1)NNNC3. The van der Waals surface area contributed by atoms with Gasteiger partial charge in [0.05, 0.1) is 17.9 Å². The number of nitrogens with one attached hydrogen (secondary N) is 3. The standard InChI is InChI=1S/C9H9N5/c1-2-6-4-7-8(5-11-14-13-7)12-9(6)10-3-1/h1-4,11,13-14H,5H2. The first kappa shape index (κ1) is 7.66. The number of rotatable bonds is 0. The number of hydrogen-bond donors (Lipinski definition) is 3. The van der Waals surface area contributed by atoms with Crippen LogP contribution in [0.25, 0.3) is 11.0 Å². The molecule has 1 aliphatic heterocycles. The van der Waals surface area contributed by atoms with Crippen LogP contribution in [-0.4, -0.2) is 9.97 Å². The Hall–Kier alpha value is -1.72. The molecule has 0 radical (unpaired) electrons. The molecule has 0 saturated heterocycles. The minimum absolute atomic E-state index is 0.703. The van der Waals surface area contributed by atoms with Gasteiger partial charge in [-0.3, -0.25) is 0 Å². The van der Waals surface area contributed by atoms with Gasteiger partial charge in [0.2, 0.25) is 0 Å². The van der Waals surface area contributed by atoms with Crippen molar-refractivity contribution in [3.8, 4) is 0 Å². The Morgan fingerprint density at radius 1 is 1.36 bits per heavy atom. The number of nitrogens with zero attached hydrogens (tertiary/aromatic N) is 2. The second-order valence-corrected chi connectivity index (χ2v) is 3.14. The summed E-state index contributed by atoms with van der Waals surface area (Å²) in [5.74, 6) is 0. The van der Waals surface area contributed by atoms with E-state index in [0.29, 0.717) is 6.54 Å². The van der Waals surface area contributed by atoms with Crippen molar-refractivity contribution in [2.24, 2.45) is 0 Å². The van der Waals surface area contributed by atoms with E-state index in [9.17, 15) is 0 Å². The normalized spacial score (nSPS) is 14.9. The number of fused-ring (bicyclic) bond motifs is 2. The molecule has 0 spiro atoms. The molecule has 0 unspecified atom stereocenters. The maximum absolute atomic E-state index is 4.44. The van der Waals surface area contributed by atoms with E-state index in [1.165, 1.54) is 0 Å². The third kappa shape index (κ3) is 1.11. The Morgan fingerprint density at radius 3 is 3.36 bits per heavy atom. The molecule has 5 heteroatoms. The number of aromatic nitrogens is 2. The predicted molar refractivity (Wildman–Crippen MR) is 53.1 cm³/mol. The molecule has 1 aliphatic rings. The van der Waals surface area contributed by atoms with Crippen LogP contribution in [0.1, 0.15) is 5.69 Å². The highest BCUT2D eigenvalue weighted by Gasteiger charge is 2.10. The zero-order chi connectivity index (χ0) is 9.38. The molecular formula is C9H9N5. The van der Waals surface area contributed by atoms with E-state index < -0.39 is 0 Å². The molecule has 70 valence electrons. The van der Waals surface area contributed by atoms with Crippen LogP contribution in [0.4, 0.5) is 5.69 Å². The van der Waals surface area contributed by atoms with Crippen molar-refractivity contribution in [3.05, 3.63) is 30.1 Å². The van der Waals surface area contributed by atoms with Crippen molar-refractivity contribution in [2.45, 2.75) is 6.54 Å². The van der Waals surface area contributed by atoms with Crippen molar-refractivity contribution in [1.29, 1.82) is 0 Å². The molecule has 3 N–H and O–H groups in total. The first-order chi connectivity index (χ1) is 6.93. The second-order valence-electron chi connectivity index (χ2n) is 3.14. The van der Waals surface area contributed by atoms with Crippen molar-refractivity contribution in [2.75, 3.05) is 5.43 Å². The van der Waals surface area contributed by atoms with Gasteiger partial charge in [-0.1, -0.05) is 0 Å². The lowest BCUT2D eigenvalue weighted by atomic mass is 10.2. The van der Waals surface area contributed by atoms with Crippen LogP contribution in [0.15, 0.2) is 24.4 Å². The Kier molecular flexibility index (Phi) is 1.59. The summed E-state index contributed by atoms with van der Waals surface area (Å²) < 4.78 is 0. The molecule has 3 rings (SSSR count). The summed E-state index contributed by atoms with van der Waals surface area (Å²) in [6, 6.07) is 5.95. The minimum Gasteiger partial charge on any atom is -0.306 e. The fraction of sp³-hybridized carbons (Fsp3) is 0.111. The molecule has 3 heterocycles. The molecule has 0 atom stereocenters. The average molecular weight is 187 g/mol. The molecule has 14 heavy (non-hydrogen) atoms. The van der Waals surface area contributed by atoms with Crippen LogP contribution in [0, 0.1) is 0 Å². The van der Waals surface area contributed by atoms with Gasteiger partial charge in [0.15, 0.2) is 5.65 Å². The number of pyridine rings is 2. The summed E-state index contributed by atoms with van der Waals surface area (Å²) in [5.41, 5.74) is 11.6. The topological polar surface area (TPSA) is 61.9 Å². The highest BCUT2D eigenvalue weighted by atomic mass is 15.6. The molecule has 0 fully saturated rings. The van der Waals surface area contributed by atoms with Crippen molar-refractivity contribution in [1.82, 2.24) is 20.9 Å². The molecule has 0 aromatic carbocycles.